The van der Waals surface area contributed by atoms with Gasteiger partial charge in [-0.1, -0.05) is 13.0 Å². The first-order valence-electron chi connectivity index (χ1n) is 3.27. The van der Waals surface area contributed by atoms with Crippen LogP contribution in [0.5, 0.6) is 0 Å². The Morgan fingerprint density at radius 2 is 2.27 bits per heavy atom. The molecule has 0 spiro atoms. The third kappa shape index (κ3) is 1.56. The van der Waals surface area contributed by atoms with Crippen molar-refractivity contribution in [3.8, 4) is 6.07 Å². The lowest BCUT2D eigenvalue weighted by molar-refractivity contribution is 0.623. The van der Waals surface area contributed by atoms with Crippen molar-refractivity contribution in [1.29, 1.82) is 5.26 Å². The van der Waals surface area contributed by atoms with Crippen molar-refractivity contribution in [1.82, 2.24) is 0 Å². The number of hydrogen-bond donors (Lipinski definition) is 0. The average molecular weight is 148 g/mol. The van der Waals surface area contributed by atoms with Crippen LogP contribution in [0.15, 0.2) is 18.2 Å². The second-order valence-electron chi connectivity index (χ2n) is 2.14. The van der Waals surface area contributed by atoms with E-state index in [1.165, 1.54) is 12.1 Å². The van der Waals surface area contributed by atoms with Gasteiger partial charge in [-0.2, -0.15) is 5.26 Å². The SMILES string of the molecule is C[CH]c1ccc(C#N)c(F)c1. The van der Waals surface area contributed by atoms with E-state index in [-0.39, 0.29) is 5.56 Å². The summed E-state index contributed by atoms with van der Waals surface area (Å²) in [7, 11) is 0. The van der Waals surface area contributed by atoms with Crippen LogP contribution in [0.4, 0.5) is 4.39 Å². The molecule has 0 unspecified atom stereocenters. The molecule has 0 amide bonds. The van der Waals surface area contributed by atoms with Gasteiger partial charge < -0.3 is 0 Å². The maximum absolute atomic E-state index is 12.8. The third-order valence-electron chi connectivity index (χ3n) is 1.45. The molecule has 1 radical (unpaired) electrons. The van der Waals surface area contributed by atoms with Gasteiger partial charge >= 0.3 is 0 Å². The van der Waals surface area contributed by atoms with Crippen molar-refractivity contribution in [3.63, 3.8) is 0 Å². The maximum atomic E-state index is 12.8. The Hall–Kier alpha value is -1.36. The van der Waals surface area contributed by atoms with E-state index in [4.69, 9.17) is 5.26 Å². The van der Waals surface area contributed by atoms with Crippen LogP contribution in [0.1, 0.15) is 18.1 Å². The maximum Gasteiger partial charge on any atom is 0.141 e. The molecule has 2 heteroatoms. The van der Waals surface area contributed by atoms with Crippen LogP contribution in [0.2, 0.25) is 0 Å². The molecule has 55 valence electrons. The van der Waals surface area contributed by atoms with Crippen LogP contribution in [-0.4, -0.2) is 0 Å². The minimum Gasteiger partial charge on any atom is -0.206 e. The summed E-state index contributed by atoms with van der Waals surface area (Å²) >= 11 is 0. The van der Waals surface area contributed by atoms with Crippen molar-refractivity contribution >= 4 is 0 Å². The van der Waals surface area contributed by atoms with Crippen LogP contribution >= 0.6 is 0 Å². The first kappa shape index (κ1) is 7.74. The highest BCUT2D eigenvalue weighted by Gasteiger charge is 2.00. The molecule has 0 fully saturated rings. The molecule has 0 saturated carbocycles. The Labute approximate surface area is 65.1 Å². The van der Waals surface area contributed by atoms with Gasteiger partial charge in [0.05, 0.1) is 5.56 Å². The van der Waals surface area contributed by atoms with E-state index in [9.17, 15) is 4.39 Å². The molecule has 0 bridgehead atoms. The molecule has 1 aromatic carbocycles. The third-order valence-corrected chi connectivity index (χ3v) is 1.45. The van der Waals surface area contributed by atoms with Gasteiger partial charge in [0.15, 0.2) is 0 Å². The van der Waals surface area contributed by atoms with E-state index in [0.29, 0.717) is 0 Å². The van der Waals surface area contributed by atoms with Crippen molar-refractivity contribution in [3.05, 3.63) is 41.6 Å². The second kappa shape index (κ2) is 3.16. The summed E-state index contributed by atoms with van der Waals surface area (Å²) in [5.74, 6) is -0.455. The van der Waals surface area contributed by atoms with Crippen LogP contribution in [-0.2, 0) is 0 Å². The lowest BCUT2D eigenvalue weighted by atomic mass is 10.1. The van der Waals surface area contributed by atoms with Gasteiger partial charge in [0.2, 0.25) is 0 Å². The number of rotatable bonds is 1. The summed E-state index contributed by atoms with van der Waals surface area (Å²) in [6.45, 7) is 1.82. The van der Waals surface area contributed by atoms with E-state index in [0.717, 1.165) is 5.56 Å². The molecule has 0 N–H and O–H groups in total. The lowest BCUT2D eigenvalue weighted by Gasteiger charge is -1.96. The van der Waals surface area contributed by atoms with Crippen LogP contribution in [0, 0.1) is 23.6 Å². The number of benzene rings is 1. The van der Waals surface area contributed by atoms with E-state index in [1.807, 2.05) is 6.92 Å². The zero-order valence-corrected chi connectivity index (χ0v) is 6.13. The van der Waals surface area contributed by atoms with Gasteiger partial charge in [-0.25, -0.2) is 4.39 Å². The Bertz CT molecular complexity index is 299. The van der Waals surface area contributed by atoms with Crippen molar-refractivity contribution < 1.29 is 4.39 Å². The first-order chi connectivity index (χ1) is 5.27. The van der Waals surface area contributed by atoms with Gasteiger partial charge in [0.1, 0.15) is 11.9 Å². The van der Waals surface area contributed by atoms with E-state index < -0.39 is 5.82 Å². The molecule has 0 saturated heterocycles. The first-order valence-corrected chi connectivity index (χ1v) is 3.27. The van der Waals surface area contributed by atoms with Crippen molar-refractivity contribution in [2.45, 2.75) is 6.92 Å². The molecule has 0 aromatic heterocycles. The summed E-state index contributed by atoms with van der Waals surface area (Å²) < 4.78 is 12.8. The average Bonchev–Trinajstić information content (AvgIpc) is 2.04. The summed E-state index contributed by atoms with van der Waals surface area (Å²) in [6.07, 6.45) is 1.78. The van der Waals surface area contributed by atoms with Gasteiger partial charge in [-0.3, -0.25) is 0 Å². The number of nitrogens with zero attached hydrogens (tertiary/aromatic N) is 1. The van der Waals surface area contributed by atoms with E-state index in [2.05, 4.69) is 0 Å². The van der Waals surface area contributed by atoms with Crippen molar-refractivity contribution in [2.24, 2.45) is 0 Å². The number of halogens is 1. The molecule has 11 heavy (non-hydrogen) atoms. The Morgan fingerprint density at radius 3 is 2.73 bits per heavy atom. The van der Waals surface area contributed by atoms with Gasteiger partial charge in [0.25, 0.3) is 0 Å². The van der Waals surface area contributed by atoms with Crippen LogP contribution < -0.4 is 0 Å². The molecule has 0 atom stereocenters. The molecule has 0 heterocycles. The Kier molecular flexibility index (Phi) is 2.22. The standard InChI is InChI=1S/C9H7FN/c1-2-7-3-4-8(6-11)9(10)5-7/h2-5H,1H3. The molecule has 1 nitrogen and oxygen atoms in total. The summed E-state index contributed by atoms with van der Waals surface area (Å²) in [4.78, 5) is 0. The fraction of sp³-hybridized carbons (Fsp3) is 0.111. The highest BCUT2D eigenvalue weighted by molar-refractivity contribution is 5.35. The summed E-state index contributed by atoms with van der Waals surface area (Å²) in [5.41, 5.74) is 0.886. The zero-order chi connectivity index (χ0) is 8.27. The molecular weight excluding hydrogens is 141 g/mol. The number of nitriles is 1. The minimum atomic E-state index is -0.455. The summed E-state index contributed by atoms with van der Waals surface area (Å²) in [6, 6.07) is 6.29. The predicted octanol–water partition coefficient (Wildman–Crippen LogP) is 2.27. The quantitative estimate of drug-likeness (QED) is 0.599. The smallest absolute Gasteiger partial charge is 0.141 e. The molecule has 0 aliphatic rings. The second-order valence-corrected chi connectivity index (χ2v) is 2.14. The van der Waals surface area contributed by atoms with Gasteiger partial charge in [-0.15, -0.1) is 0 Å². The monoisotopic (exact) mass is 148 g/mol. The van der Waals surface area contributed by atoms with Gasteiger partial charge in [-0.05, 0) is 24.1 Å². The van der Waals surface area contributed by atoms with Crippen LogP contribution in [0.3, 0.4) is 0 Å². The molecule has 0 aliphatic heterocycles. The van der Waals surface area contributed by atoms with Crippen LogP contribution in [0.25, 0.3) is 0 Å². The summed E-state index contributed by atoms with van der Waals surface area (Å²) in [5, 5.41) is 8.38. The Balaban J connectivity index is 3.12. The van der Waals surface area contributed by atoms with E-state index >= 15 is 0 Å². The van der Waals surface area contributed by atoms with Crippen molar-refractivity contribution in [2.75, 3.05) is 0 Å². The topological polar surface area (TPSA) is 23.8 Å². The highest BCUT2D eigenvalue weighted by atomic mass is 19.1. The zero-order valence-electron chi connectivity index (χ0n) is 6.13. The molecule has 1 aromatic rings. The lowest BCUT2D eigenvalue weighted by Crippen LogP contribution is -1.85. The largest absolute Gasteiger partial charge is 0.206 e. The predicted molar refractivity (Wildman–Crippen MR) is 40.2 cm³/mol. The minimum absolute atomic E-state index is 0.0931. The number of hydrogen-bond acceptors (Lipinski definition) is 1. The fourth-order valence-corrected chi connectivity index (χ4v) is 0.802. The molecular formula is C9H7FN. The molecule has 1 rings (SSSR count). The van der Waals surface area contributed by atoms with E-state index in [1.54, 1.807) is 18.6 Å². The Morgan fingerprint density at radius 1 is 1.55 bits per heavy atom. The fourth-order valence-electron chi connectivity index (χ4n) is 0.802. The van der Waals surface area contributed by atoms with Gasteiger partial charge in [0, 0.05) is 0 Å². The molecule has 0 aliphatic carbocycles. The highest BCUT2D eigenvalue weighted by Crippen LogP contribution is 2.10. The normalized spacial score (nSPS) is 9.18.